The Kier molecular flexibility index (Phi) is 4.04. The van der Waals surface area contributed by atoms with Crippen LogP contribution in [-0.2, 0) is 9.53 Å². The number of hydrogen-bond acceptors (Lipinski definition) is 3. The van der Waals surface area contributed by atoms with E-state index in [0.29, 0.717) is 13.2 Å². The van der Waals surface area contributed by atoms with Crippen molar-refractivity contribution in [2.75, 3.05) is 33.4 Å². The fourth-order valence-corrected chi connectivity index (χ4v) is 1.30. The molecule has 0 aromatic carbocycles. The molecule has 1 heterocycles. The second kappa shape index (κ2) is 5.11. The Bertz CT molecular complexity index is 144. The summed E-state index contributed by atoms with van der Waals surface area (Å²) in [6.45, 7) is 2.99. The largest absolute Gasteiger partial charge is 0.383 e. The third-order valence-electron chi connectivity index (χ3n) is 2.04. The van der Waals surface area contributed by atoms with Crippen LogP contribution in [0.3, 0.4) is 0 Å². The number of carbonyl (C=O) groups is 1. The van der Waals surface area contributed by atoms with E-state index in [9.17, 15) is 4.79 Å². The number of nitrogens with one attached hydrogen (secondary N) is 2. The van der Waals surface area contributed by atoms with E-state index in [4.69, 9.17) is 4.74 Å². The first-order valence-electron chi connectivity index (χ1n) is 4.32. The van der Waals surface area contributed by atoms with Gasteiger partial charge in [0.1, 0.15) is 0 Å². The predicted molar refractivity (Wildman–Crippen MR) is 45.9 cm³/mol. The molecule has 0 aliphatic carbocycles. The lowest BCUT2D eigenvalue weighted by Gasteiger charge is -2.08. The minimum Gasteiger partial charge on any atom is -0.383 e. The summed E-state index contributed by atoms with van der Waals surface area (Å²) in [7, 11) is 1.63. The molecule has 0 aromatic heterocycles. The first-order valence-corrected chi connectivity index (χ1v) is 4.32. The van der Waals surface area contributed by atoms with Crippen LogP contribution in [0.25, 0.3) is 0 Å². The summed E-state index contributed by atoms with van der Waals surface area (Å²) >= 11 is 0. The number of rotatable bonds is 4. The maximum atomic E-state index is 11.3. The van der Waals surface area contributed by atoms with Crippen molar-refractivity contribution in [2.24, 2.45) is 5.92 Å². The predicted octanol–water partition coefficient (Wildman–Crippen LogP) is -0.641. The van der Waals surface area contributed by atoms with Crippen LogP contribution in [0.5, 0.6) is 0 Å². The quantitative estimate of drug-likeness (QED) is 0.554. The summed E-state index contributed by atoms with van der Waals surface area (Å²) in [6, 6.07) is 0. The Morgan fingerprint density at radius 2 is 2.58 bits per heavy atom. The van der Waals surface area contributed by atoms with Crippen LogP contribution in [0.4, 0.5) is 0 Å². The van der Waals surface area contributed by atoms with Gasteiger partial charge in [0.25, 0.3) is 0 Å². The van der Waals surface area contributed by atoms with Gasteiger partial charge in [-0.1, -0.05) is 0 Å². The highest BCUT2D eigenvalue weighted by Crippen LogP contribution is 2.06. The Balaban J connectivity index is 2.10. The Morgan fingerprint density at radius 1 is 1.75 bits per heavy atom. The van der Waals surface area contributed by atoms with E-state index < -0.39 is 0 Å². The smallest absolute Gasteiger partial charge is 0.224 e. The van der Waals surface area contributed by atoms with E-state index in [1.54, 1.807) is 7.11 Å². The van der Waals surface area contributed by atoms with Crippen molar-refractivity contribution >= 4 is 5.91 Å². The Morgan fingerprint density at radius 3 is 3.17 bits per heavy atom. The fourth-order valence-electron chi connectivity index (χ4n) is 1.30. The Labute approximate surface area is 72.7 Å². The summed E-state index contributed by atoms with van der Waals surface area (Å²) in [6.07, 6.45) is 0.957. The lowest BCUT2D eigenvalue weighted by atomic mass is 10.1. The average molecular weight is 172 g/mol. The van der Waals surface area contributed by atoms with Gasteiger partial charge in [-0.3, -0.25) is 4.79 Å². The van der Waals surface area contributed by atoms with Crippen LogP contribution in [0.2, 0.25) is 0 Å². The van der Waals surface area contributed by atoms with Crippen molar-refractivity contribution in [1.82, 2.24) is 10.6 Å². The molecule has 1 amide bonds. The van der Waals surface area contributed by atoms with Crippen molar-refractivity contribution in [3.05, 3.63) is 0 Å². The van der Waals surface area contributed by atoms with Crippen LogP contribution in [-0.4, -0.2) is 39.3 Å². The van der Waals surface area contributed by atoms with Gasteiger partial charge in [-0.15, -0.1) is 0 Å². The first kappa shape index (κ1) is 9.48. The number of carbonyl (C=O) groups excluding carboxylic acids is 1. The number of amides is 1. The third-order valence-corrected chi connectivity index (χ3v) is 2.04. The molecular weight excluding hydrogens is 156 g/mol. The molecule has 1 atom stereocenters. The zero-order chi connectivity index (χ0) is 8.81. The minimum absolute atomic E-state index is 0.150. The molecule has 0 bridgehead atoms. The van der Waals surface area contributed by atoms with Crippen LogP contribution in [0.15, 0.2) is 0 Å². The Hall–Kier alpha value is -0.610. The molecule has 4 heteroatoms. The van der Waals surface area contributed by atoms with Gasteiger partial charge >= 0.3 is 0 Å². The fraction of sp³-hybridized carbons (Fsp3) is 0.875. The maximum Gasteiger partial charge on any atom is 0.224 e. The van der Waals surface area contributed by atoms with Gasteiger partial charge in [-0.25, -0.2) is 0 Å². The van der Waals surface area contributed by atoms with Crippen LogP contribution in [0, 0.1) is 5.92 Å². The summed E-state index contributed by atoms with van der Waals surface area (Å²) in [5.74, 6) is 0.318. The molecule has 0 radical (unpaired) electrons. The molecule has 1 saturated heterocycles. The van der Waals surface area contributed by atoms with Gasteiger partial charge < -0.3 is 15.4 Å². The summed E-state index contributed by atoms with van der Waals surface area (Å²) in [5.41, 5.74) is 0. The average Bonchev–Trinajstić information content (AvgIpc) is 2.56. The molecule has 0 spiro atoms. The van der Waals surface area contributed by atoms with Crippen LogP contribution >= 0.6 is 0 Å². The molecule has 1 aliphatic rings. The van der Waals surface area contributed by atoms with Crippen molar-refractivity contribution in [2.45, 2.75) is 6.42 Å². The standard InChI is InChI=1S/C8H16N2O2/c1-12-5-4-10-8(11)7-2-3-9-6-7/h7,9H,2-6H2,1H3,(H,10,11)/t7-/m0/s1. The monoisotopic (exact) mass is 172 g/mol. The van der Waals surface area contributed by atoms with Gasteiger partial charge in [-0.2, -0.15) is 0 Å². The second-order valence-corrected chi connectivity index (χ2v) is 2.97. The highest BCUT2D eigenvalue weighted by atomic mass is 16.5. The van der Waals surface area contributed by atoms with E-state index in [1.165, 1.54) is 0 Å². The molecule has 1 fully saturated rings. The number of hydrogen-bond donors (Lipinski definition) is 2. The van der Waals surface area contributed by atoms with Crippen molar-refractivity contribution in [3.8, 4) is 0 Å². The zero-order valence-electron chi connectivity index (χ0n) is 7.43. The molecule has 2 N–H and O–H groups in total. The maximum absolute atomic E-state index is 11.3. The lowest BCUT2D eigenvalue weighted by Crippen LogP contribution is -2.33. The molecule has 12 heavy (non-hydrogen) atoms. The topological polar surface area (TPSA) is 50.4 Å². The van der Waals surface area contributed by atoms with E-state index in [0.717, 1.165) is 19.5 Å². The van der Waals surface area contributed by atoms with Gasteiger partial charge in [-0.05, 0) is 13.0 Å². The SMILES string of the molecule is COCCNC(=O)[C@H]1CCNC1. The van der Waals surface area contributed by atoms with Crippen LogP contribution < -0.4 is 10.6 Å². The molecule has 1 rings (SSSR count). The second-order valence-electron chi connectivity index (χ2n) is 2.97. The highest BCUT2D eigenvalue weighted by Gasteiger charge is 2.21. The van der Waals surface area contributed by atoms with Gasteiger partial charge in [0.2, 0.25) is 5.91 Å². The van der Waals surface area contributed by atoms with Crippen molar-refractivity contribution in [3.63, 3.8) is 0 Å². The molecule has 1 aliphatic heterocycles. The molecular formula is C8H16N2O2. The minimum atomic E-state index is 0.150. The summed E-state index contributed by atoms with van der Waals surface area (Å²) in [5, 5.41) is 5.97. The molecule has 0 unspecified atom stereocenters. The van der Waals surface area contributed by atoms with E-state index in [-0.39, 0.29) is 11.8 Å². The van der Waals surface area contributed by atoms with Gasteiger partial charge in [0.15, 0.2) is 0 Å². The van der Waals surface area contributed by atoms with E-state index in [1.807, 2.05) is 0 Å². The first-order chi connectivity index (χ1) is 5.84. The van der Waals surface area contributed by atoms with E-state index >= 15 is 0 Å². The number of ether oxygens (including phenoxy) is 1. The van der Waals surface area contributed by atoms with Crippen molar-refractivity contribution in [1.29, 1.82) is 0 Å². The molecule has 0 saturated carbocycles. The van der Waals surface area contributed by atoms with Crippen LogP contribution in [0.1, 0.15) is 6.42 Å². The normalized spacial score (nSPS) is 22.6. The molecule has 70 valence electrons. The lowest BCUT2D eigenvalue weighted by molar-refractivity contribution is -0.124. The summed E-state index contributed by atoms with van der Waals surface area (Å²) < 4.78 is 4.82. The van der Waals surface area contributed by atoms with E-state index in [2.05, 4.69) is 10.6 Å². The van der Waals surface area contributed by atoms with Gasteiger partial charge in [0.05, 0.1) is 12.5 Å². The number of methoxy groups -OCH3 is 1. The highest BCUT2D eigenvalue weighted by molar-refractivity contribution is 5.79. The third kappa shape index (κ3) is 2.79. The summed E-state index contributed by atoms with van der Waals surface area (Å²) in [4.78, 5) is 11.3. The van der Waals surface area contributed by atoms with Gasteiger partial charge in [0, 0.05) is 20.2 Å². The zero-order valence-corrected chi connectivity index (χ0v) is 7.43. The molecule has 4 nitrogen and oxygen atoms in total. The molecule has 0 aromatic rings. The van der Waals surface area contributed by atoms with Crippen molar-refractivity contribution < 1.29 is 9.53 Å².